The van der Waals surface area contributed by atoms with Crippen molar-refractivity contribution in [3.63, 3.8) is 0 Å². The van der Waals surface area contributed by atoms with Crippen LogP contribution in [0.3, 0.4) is 0 Å². The van der Waals surface area contributed by atoms with E-state index in [0.717, 1.165) is 0 Å². The molecular weight excluding hydrogens is 391 g/mol. The monoisotopic (exact) mass is 406 g/mol. The van der Waals surface area contributed by atoms with Crippen molar-refractivity contribution in [3.8, 4) is 5.75 Å². The lowest BCUT2D eigenvalue weighted by atomic mass is 9.92. The minimum absolute atomic E-state index is 0.228. The first kappa shape index (κ1) is 19.1. The van der Waals surface area contributed by atoms with Crippen molar-refractivity contribution in [1.82, 2.24) is 10.6 Å². The number of carbonyl (C=O) groups is 2. The van der Waals surface area contributed by atoms with E-state index in [0.29, 0.717) is 32.6 Å². The van der Waals surface area contributed by atoms with E-state index in [9.17, 15) is 9.59 Å². The van der Waals surface area contributed by atoms with Gasteiger partial charge in [0.15, 0.2) is 0 Å². The number of benzene rings is 2. The topological polar surface area (TPSA) is 76.7 Å². The number of urea groups is 1. The molecule has 8 heteroatoms. The smallest absolute Gasteiger partial charge is 0.338 e. The average Bonchev–Trinajstić information content (AvgIpc) is 2.67. The van der Waals surface area contributed by atoms with Crippen LogP contribution in [-0.2, 0) is 9.53 Å². The summed E-state index contributed by atoms with van der Waals surface area (Å²) >= 11 is 12.3. The lowest BCUT2D eigenvalue weighted by Crippen LogP contribution is -2.45. The Kier molecular flexibility index (Phi) is 5.58. The number of halogens is 2. The third kappa shape index (κ3) is 3.86. The molecule has 0 saturated carbocycles. The zero-order valence-electron chi connectivity index (χ0n) is 14.5. The van der Waals surface area contributed by atoms with Gasteiger partial charge in [-0.25, -0.2) is 9.59 Å². The van der Waals surface area contributed by atoms with Gasteiger partial charge >= 0.3 is 12.0 Å². The number of rotatable bonds is 4. The molecule has 0 radical (unpaired) electrons. The van der Waals surface area contributed by atoms with E-state index in [1.165, 1.54) is 7.11 Å². The summed E-state index contributed by atoms with van der Waals surface area (Å²) in [5.74, 6) is 0.0564. The van der Waals surface area contributed by atoms with Crippen LogP contribution < -0.4 is 15.4 Å². The molecule has 0 fully saturated rings. The van der Waals surface area contributed by atoms with Crippen LogP contribution in [0.15, 0.2) is 48.0 Å². The molecule has 0 aromatic heterocycles. The average molecular weight is 407 g/mol. The number of nitrogens with one attached hydrogen (secondary N) is 2. The number of esters is 1. The second-order valence-electron chi connectivity index (χ2n) is 5.71. The molecule has 1 aliphatic rings. The Hall–Kier alpha value is -2.70. The van der Waals surface area contributed by atoms with Gasteiger partial charge in [-0.05, 0) is 47.5 Å². The molecule has 3 rings (SSSR count). The fourth-order valence-corrected chi connectivity index (χ4v) is 3.37. The largest absolute Gasteiger partial charge is 0.497 e. The zero-order chi connectivity index (χ0) is 19.6. The highest BCUT2D eigenvalue weighted by Crippen LogP contribution is 2.36. The van der Waals surface area contributed by atoms with Gasteiger partial charge in [0, 0.05) is 10.0 Å². The van der Waals surface area contributed by atoms with Crippen LogP contribution in [0.1, 0.15) is 17.2 Å². The molecule has 1 aliphatic heterocycles. The molecule has 27 heavy (non-hydrogen) atoms. The Morgan fingerprint density at radius 1 is 1.07 bits per heavy atom. The summed E-state index contributed by atoms with van der Waals surface area (Å²) < 4.78 is 10.1. The first-order valence-electron chi connectivity index (χ1n) is 7.94. The van der Waals surface area contributed by atoms with Gasteiger partial charge < -0.3 is 20.1 Å². The summed E-state index contributed by atoms with van der Waals surface area (Å²) in [7, 11) is 2.83. The standard InChI is InChI=1S/C19H16Cl2N2O4/c1-26-12-6-3-10(4-7-12)16-15(18(24)27-2)17(23-19(25)22-16)13-8-5-11(20)9-14(13)21/h3-9,17H,1-2H3,(H2,22,23,25). The van der Waals surface area contributed by atoms with Crippen LogP contribution in [0.2, 0.25) is 10.0 Å². The Morgan fingerprint density at radius 2 is 1.78 bits per heavy atom. The maximum absolute atomic E-state index is 12.6. The molecule has 140 valence electrons. The van der Waals surface area contributed by atoms with E-state index >= 15 is 0 Å². The van der Waals surface area contributed by atoms with Crippen LogP contribution in [0.4, 0.5) is 4.79 Å². The molecule has 2 aromatic rings. The van der Waals surface area contributed by atoms with E-state index in [1.807, 2.05) is 0 Å². The van der Waals surface area contributed by atoms with Crippen LogP contribution in [0.5, 0.6) is 5.75 Å². The molecule has 0 bridgehead atoms. The molecule has 1 atom stereocenters. The lowest BCUT2D eigenvalue weighted by Gasteiger charge is -2.29. The van der Waals surface area contributed by atoms with Crippen LogP contribution in [0, 0.1) is 0 Å². The SMILES string of the molecule is COC(=O)C1=C(c2ccc(OC)cc2)NC(=O)NC1c1ccc(Cl)cc1Cl. The van der Waals surface area contributed by atoms with Crippen molar-refractivity contribution in [1.29, 1.82) is 0 Å². The van der Waals surface area contributed by atoms with Crippen molar-refractivity contribution in [2.45, 2.75) is 6.04 Å². The van der Waals surface area contributed by atoms with E-state index in [-0.39, 0.29) is 5.57 Å². The molecule has 1 heterocycles. The van der Waals surface area contributed by atoms with Crippen molar-refractivity contribution < 1.29 is 19.1 Å². The normalized spacial score (nSPS) is 16.4. The number of ether oxygens (including phenoxy) is 2. The summed E-state index contributed by atoms with van der Waals surface area (Å²) in [5.41, 5.74) is 1.72. The quantitative estimate of drug-likeness (QED) is 0.753. The van der Waals surface area contributed by atoms with Crippen molar-refractivity contribution in [2.75, 3.05) is 14.2 Å². The summed E-state index contributed by atoms with van der Waals surface area (Å²) in [5, 5.41) is 6.18. The zero-order valence-corrected chi connectivity index (χ0v) is 16.0. The Labute approximate surface area is 166 Å². The Morgan fingerprint density at radius 3 is 2.37 bits per heavy atom. The minimum Gasteiger partial charge on any atom is -0.497 e. The summed E-state index contributed by atoms with van der Waals surface area (Å²) in [6, 6.07) is 10.5. The maximum atomic E-state index is 12.6. The Bertz CT molecular complexity index is 926. The van der Waals surface area contributed by atoms with Gasteiger partial charge in [-0.15, -0.1) is 0 Å². The van der Waals surface area contributed by atoms with Gasteiger partial charge in [-0.1, -0.05) is 29.3 Å². The molecule has 0 aliphatic carbocycles. The fourth-order valence-electron chi connectivity index (χ4n) is 2.85. The fraction of sp³-hybridized carbons (Fsp3) is 0.158. The van der Waals surface area contributed by atoms with Crippen LogP contribution >= 0.6 is 23.2 Å². The highest BCUT2D eigenvalue weighted by atomic mass is 35.5. The van der Waals surface area contributed by atoms with E-state index in [1.54, 1.807) is 49.6 Å². The predicted octanol–water partition coefficient (Wildman–Crippen LogP) is 3.94. The highest BCUT2D eigenvalue weighted by molar-refractivity contribution is 6.35. The molecule has 2 amide bonds. The van der Waals surface area contributed by atoms with Gasteiger partial charge in [-0.3, -0.25) is 0 Å². The molecular formula is C19H16Cl2N2O4. The van der Waals surface area contributed by atoms with Crippen molar-refractivity contribution >= 4 is 40.9 Å². The highest BCUT2D eigenvalue weighted by Gasteiger charge is 2.35. The third-order valence-corrected chi connectivity index (χ3v) is 4.69. The number of hydrogen-bond acceptors (Lipinski definition) is 4. The second-order valence-corrected chi connectivity index (χ2v) is 6.55. The third-order valence-electron chi connectivity index (χ3n) is 4.13. The lowest BCUT2D eigenvalue weighted by molar-refractivity contribution is -0.136. The molecule has 0 spiro atoms. The molecule has 2 aromatic carbocycles. The summed E-state index contributed by atoms with van der Waals surface area (Å²) in [6.07, 6.45) is 0. The van der Waals surface area contributed by atoms with E-state index in [2.05, 4.69) is 10.6 Å². The second kappa shape index (κ2) is 7.90. The summed E-state index contributed by atoms with van der Waals surface area (Å²) in [4.78, 5) is 24.9. The van der Waals surface area contributed by atoms with Gasteiger partial charge in [0.1, 0.15) is 5.75 Å². The molecule has 0 saturated heterocycles. The minimum atomic E-state index is -0.798. The summed E-state index contributed by atoms with van der Waals surface area (Å²) in [6.45, 7) is 0. The molecule has 6 nitrogen and oxygen atoms in total. The number of carbonyl (C=O) groups excluding carboxylic acids is 2. The number of amides is 2. The number of methoxy groups -OCH3 is 2. The maximum Gasteiger partial charge on any atom is 0.338 e. The predicted molar refractivity (Wildman–Crippen MR) is 103 cm³/mol. The first-order valence-corrected chi connectivity index (χ1v) is 8.69. The van der Waals surface area contributed by atoms with Crippen LogP contribution in [-0.4, -0.2) is 26.2 Å². The Balaban J connectivity index is 2.19. The first-order chi connectivity index (χ1) is 12.9. The molecule has 2 N–H and O–H groups in total. The number of hydrogen-bond donors (Lipinski definition) is 2. The van der Waals surface area contributed by atoms with Crippen molar-refractivity contribution in [3.05, 3.63) is 69.2 Å². The van der Waals surface area contributed by atoms with E-state index < -0.39 is 18.0 Å². The van der Waals surface area contributed by atoms with Gasteiger partial charge in [0.05, 0.1) is 31.5 Å². The van der Waals surface area contributed by atoms with E-state index in [4.69, 9.17) is 32.7 Å². The van der Waals surface area contributed by atoms with Crippen molar-refractivity contribution in [2.24, 2.45) is 0 Å². The van der Waals surface area contributed by atoms with Gasteiger partial charge in [0.25, 0.3) is 0 Å². The van der Waals surface area contributed by atoms with Crippen LogP contribution in [0.25, 0.3) is 5.70 Å². The van der Waals surface area contributed by atoms with Gasteiger partial charge in [0.2, 0.25) is 0 Å². The molecule has 1 unspecified atom stereocenters. The van der Waals surface area contributed by atoms with Gasteiger partial charge in [-0.2, -0.15) is 0 Å².